The highest BCUT2D eigenvalue weighted by Crippen LogP contribution is 2.01. The van der Waals surface area contributed by atoms with Crippen molar-refractivity contribution in [3.05, 3.63) is 11.6 Å². The molecule has 0 aromatic carbocycles. The zero-order valence-electron chi connectivity index (χ0n) is 9.37. The van der Waals surface area contributed by atoms with Crippen LogP contribution in [-0.4, -0.2) is 42.8 Å². The van der Waals surface area contributed by atoms with Gasteiger partial charge in [0.15, 0.2) is 0 Å². The first-order chi connectivity index (χ1) is 6.49. The lowest BCUT2D eigenvalue weighted by Crippen LogP contribution is -2.40. The van der Waals surface area contributed by atoms with E-state index in [9.17, 15) is 4.79 Å². The van der Waals surface area contributed by atoms with E-state index in [0.29, 0.717) is 12.0 Å². The summed E-state index contributed by atoms with van der Waals surface area (Å²) in [6, 6.07) is 0. The molecule has 4 heteroatoms. The lowest BCUT2D eigenvalue weighted by molar-refractivity contribution is -0.132. The van der Waals surface area contributed by atoms with Gasteiger partial charge in [0.25, 0.3) is 0 Å². The van der Waals surface area contributed by atoms with Gasteiger partial charge in [-0.2, -0.15) is 0 Å². The van der Waals surface area contributed by atoms with E-state index in [2.05, 4.69) is 5.32 Å². The largest absolute Gasteiger partial charge is 0.478 e. The van der Waals surface area contributed by atoms with Crippen LogP contribution in [-0.2, 0) is 4.79 Å². The fourth-order valence-corrected chi connectivity index (χ4v) is 1.09. The number of hydrogen-bond donors (Lipinski definition) is 2. The van der Waals surface area contributed by atoms with Crippen LogP contribution in [0, 0.1) is 0 Å². The predicted octanol–water partition coefficient (Wildman–Crippen LogP) is 0.905. The minimum atomic E-state index is -0.848. The Kier molecular flexibility index (Phi) is 6.16. The first-order valence-electron chi connectivity index (χ1n) is 4.78. The Hall–Kier alpha value is -0.870. The fraction of sp³-hybridized carbons (Fsp3) is 0.700. The Morgan fingerprint density at radius 1 is 1.57 bits per heavy atom. The summed E-state index contributed by atoms with van der Waals surface area (Å²) in [4.78, 5) is 12.6. The summed E-state index contributed by atoms with van der Waals surface area (Å²) in [7, 11) is 3.94. The van der Waals surface area contributed by atoms with Crippen LogP contribution < -0.4 is 5.32 Å². The van der Waals surface area contributed by atoms with E-state index in [1.165, 1.54) is 0 Å². The molecule has 0 aromatic heterocycles. The standard InChI is InChI=1S/C10H20N2O2/c1-5-11-9(12(3)4)7-6-8(2)10(13)14/h6,9,11H,5,7H2,1-4H3,(H,13,14). The van der Waals surface area contributed by atoms with Crippen LogP contribution >= 0.6 is 0 Å². The van der Waals surface area contributed by atoms with E-state index in [0.717, 1.165) is 6.54 Å². The smallest absolute Gasteiger partial charge is 0.330 e. The van der Waals surface area contributed by atoms with Gasteiger partial charge in [0.05, 0.1) is 6.17 Å². The number of nitrogens with zero attached hydrogens (tertiary/aromatic N) is 1. The van der Waals surface area contributed by atoms with E-state index in [1.807, 2.05) is 25.9 Å². The van der Waals surface area contributed by atoms with Crippen LogP contribution in [0.5, 0.6) is 0 Å². The maximum absolute atomic E-state index is 10.5. The Balaban J connectivity index is 4.17. The number of carboxylic acid groups (broad SMARTS) is 1. The van der Waals surface area contributed by atoms with Crippen LogP contribution in [0.25, 0.3) is 0 Å². The molecule has 1 atom stereocenters. The highest BCUT2D eigenvalue weighted by molar-refractivity contribution is 5.85. The SMILES string of the molecule is CCNC(CC=C(C)C(=O)O)N(C)C. The summed E-state index contributed by atoms with van der Waals surface area (Å²) < 4.78 is 0. The molecule has 2 N–H and O–H groups in total. The Morgan fingerprint density at radius 3 is 2.50 bits per heavy atom. The normalized spacial score (nSPS) is 14.5. The molecule has 0 radical (unpaired) electrons. The lowest BCUT2D eigenvalue weighted by atomic mass is 10.2. The van der Waals surface area contributed by atoms with Crippen LogP contribution in [0.2, 0.25) is 0 Å². The predicted molar refractivity (Wildman–Crippen MR) is 57.2 cm³/mol. The summed E-state index contributed by atoms with van der Waals surface area (Å²) in [5.41, 5.74) is 0.398. The summed E-state index contributed by atoms with van der Waals surface area (Å²) in [6.45, 7) is 4.52. The first-order valence-corrected chi connectivity index (χ1v) is 4.78. The molecular formula is C10H20N2O2. The van der Waals surface area contributed by atoms with Gasteiger partial charge in [0, 0.05) is 5.57 Å². The van der Waals surface area contributed by atoms with Crippen LogP contribution in [0.1, 0.15) is 20.3 Å². The van der Waals surface area contributed by atoms with Crippen molar-refractivity contribution < 1.29 is 9.90 Å². The summed E-state index contributed by atoms with van der Waals surface area (Å²) in [5, 5.41) is 11.9. The van der Waals surface area contributed by atoms with Crippen LogP contribution in [0.15, 0.2) is 11.6 Å². The van der Waals surface area contributed by atoms with Gasteiger partial charge in [-0.25, -0.2) is 4.79 Å². The van der Waals surface area contributed by atoms with Gasteiger partial charge in [-0.05, 0) is 34.0 Å². The second-order valence-electron chi connectivity index (χ2n) is 3.47. The van der Waals surface area contributed by atoms with E-state index in [-0.39, 0.29) is 6.17 Å². The average molecular weight is 200 g/mol. The van der Waals surface area contributed by atoms with E-state index >= 15 is 0 Å². The molecule has 0 rings (SSSR count). The van der Waals surface area contributed by atoms with Crippen molar-refractivity contribution in [2.24, 2.45) is 0 Å². The molecule has 0 saturated carbocycles. The number of carbonyl (C=O) groups is 1. The minimum Gasteiger partial charge on any atom is -0.478 e. The summed E-state index contributed by atoms with van der Waals surface area (Å²) >= 11 is 0. The third-order valence-corrected chi connectivity index (χ3v) is 2.05. The molecule has 82 valence electrons. The zero-order valence-corrected chi connectivity index (χ0v) is 9.37. The van der Waals surface area contributed by atoms with Crippen molar-refractivity contribution >= 4 is 5.97 Å². The Bertz CT molecular complexity index is 212. The monoisotopic (exact) mass is 200 g/mol. The number of carboxylic acids is 1. The lowest BCUT2D eigenvalue weighted by Gasteiger charge is -2.23. The highest BCUT2D eigenvalue weighted by atomic mass is 16.4. The minimum absolute atomic E-state index is 0.203. The van der Waals surface area contributed by atoms with Crippen molar-refractivity contribution in [3.8, 4) is 0 Å². The van der Waals surface area contributed by atoms with Gasteiger partial charge in [-0.15, -0.1) is 0 Å². The number of nitrogens with one attached hydrogen (secondary N) is 1. The maximum Gasteiger partial charge on any atom is 0.330 e. The van der Waals surface area contributed by atoms with E-state index < -0.39 is 5.97 Å². The number of rotatable bonds is 6. The van der Waals surface area contributed by atoms with Crippen molar-refractivity contribution in [2.75, 3.05) is 20.6 Å². The molecular weight excluding hydrogens is 180 g/mol. The van der Waals surface area contributed by atoms with Gasteiger partial charge < -0.3 is 10.4 Å². The van der Waals surface area contributed by atoms with Crippen molar-refractivity contribution in [1.29, 1.82) is 0 Å². The molecule has 0 aliphatic carbocycles. The van der Waals surface area contributed by atoms with E-state index in [1.54, 1.807) is 13.0 Å². The molecule has 0 fully saturated rings. The van der Waals surface area contributed by atoms with Gasteiger partial charge in [0.1, 0.15) is 0 Å². The number of hydrogen-bond acceptors (Lipinski definition) is 3. The topological polar surface area (TPSA) is 52.6 Å². The molecule has 0 amide bonds. The van der Waals surface area contributed by atoms with Gasteiger partial charge in [-0.1, -0.05) is 13.0 Å². The second kappa shape index (κ2) is 6.56. The average Bonchev–Trinajstić information content (AvgIpc) is 2.10. The molecule has 0 aliphatic rings. The molecule has 0 saturated heterocycles. The molecule has 1 unspecified atom stereocenters. The van der Waals surface area contributed by atoms with Gasteiger partial charge >= 0.3 is 5.97 Å². The molecule has 0 aliphatic heterocycles. The third-order valence-electron chi connectivity index (χ3n) is 2.05. The highest BCUT2D eigenvalue weighted by Gasteiger charge is 2.08. The van der Waals surface area contributed by atoms with Crippen molar-refractivity contribution in [1.82, 2.24) is 10.2 Å². The van der Waals surface area contributed by atoms with E-state index in [4.69, 9.17) is 5.11 Å². The molecule has 4 nitrogen and oxygen atoms in total. The van der Waals surface area contributed by atoms with Gasteiger partial charge in [-0.3, -0.25) is 4.90 Å². The van der Waals surface area contributed by atoms with Crippen molar-refractivity contribution in [2.45, 2.75) is 26.4 Å². The quantitative estimate of drug-likeness (QED) is 0.494. The molecule has 0 heterocycles. The van der Waals surface area contributed by atoms with Crippen LogP contribution in [0.4, 0.5) is 0 Å². The maximum atomic E-state index is 10.5. The first kappa shape index (κ1) is 13.1. The third kappa shape index (κ3) is 4.99. The Labute approximate surface area is 85.6 Å². The fourth-order valence-electron chi connectivity index (χ4n) is 1.09. The zero-order chi connectivity index (χ0) is 11.1. The molecule has 0 aromatic rings. The summed E-state index contributed by atoms with van der Waals surface area (Å²) in [5.74, 6) is -0.848. The molecule has 0 bridgehead atoms. The van der Waals surface area contributed by atoms with Crippen LogP contribution in [0.3, 0.4) is 0 Å². The second-order valence-corrected chi connectivity index (χ2v) is 3.47. The summed E-state index contributed by atoms with van der Waals surface area (Å²) in [6.07, 6.45) is 2.66. The van der Waals surface area contributed by atoms with Crippen molar-refractivity contribution in [3.63, 3.8) is 0 Å². The Morgan fingerprint density at radius 2 is 2.14 bits per heavy atom. The molecule has 0 spiro atoms. The molecule has 14 heavy (non-hydrogen) atoms. The number of aliphatic carboxylic acids is 1. The van der Waals surface area contributed by atoms with Gasteiger partial charge in [0.2, 0.25) is 0 Å².